The fourth-order valence-electron chi connectivity index (χ4n) is 2.53. The lowest BCUT2D eigenvalue weighted by Crippen LogP contribution is -2.15. The Balaban J connectivity index is 1.79. The van der Waals surface area contributed by atoms with Gasteiger partial charge in [0.15, 0.2) is 0 Å². The normalized spacial score (nSPS) is 11.1. The van der Waals surface area contributed by atoms with Gasteiger partial charge in [-0.25, -0.2) is 8.42 Å². The summed E-state index contributed by atoms with van der Waals surface area (Å²) in [5.41, 5.74) is 1.90. The van der Waals surface area contributed by atoms with Crippen molar-refractivity contribution in [3.8, 4) is 0 Å². The van der Waals surface area contributed by atoms with E-state index >= 15 is 0 Å². The highest BCUT2D eigenvalue weighted by Gasteiger charge is 2.16. The Kier molecular flexibility index (Phi) is 5.93. The smallest absolute Gasteiger partial charge is 0.261 e. The second-order valence-electron chi connectivity index (χ2n) is 6.03. The summed E-state index contributed by atoms with van der Waals surface area (Å²) in [6, 6.07) is 17.4. The Morgan fingerprint density at radius 2 is 1.64 bits per heavy atom. The molecule has 0 aliphatic heterocycles. The second-order valence-corrected chi connectivity index (χ2v) is 8.55. The number of anilines is 2. The standard InChI is InChI=1S/C20H16Cl2N2O3S/c1-13-11-14(21)7-10-19(13)23-20(25)17-9-8-15(12-18(17)22)24-28(26,27)16-5-3-2-4-6-16/h2-12,24H,1H3,(H,23,25). The number of amides is 1. The molecule has 0 spiro atoms. The van der Waals surface area contributed by atoms with Crippen LogP contribution in [0.4, 0.5) is 11.4 Å². The van der Waals surface area contributed by atoms with E-state index in [1.54, 1.807) is 36.4 Å². The number of nitrogens with one attached hydrogen (secondary N) is 2. The predicted octanol–water partition coefficient (Wildman–Crippen LogP) is 5.35. The van der Waals surface area contributed by atoms with Crippen LogP contribution in [0.2, 0.25) is 10.0 Å². The molecule has 0 saturated carbocycles. The fourth-order valence-corrected chi connectivity index (χ4v) is 4.10. The van der Waals surface area contributed by atoms with Crippen molar-refractivity contribution in [2.45, 2.75) is 11.8 Å². The van der Waals surface area contributed by atoms with Crippen molar-refractivity contribution >= 4 is 50.5 Å². The van der Waals surface area contributed by atoms with E-state index in [1.807, 2.05) is 6.92 Å². The number of halogens is 2. The topological polar surface area (TPSA) is 75.3 Å². The molecular weight excluding hydrogens is 419 g/mol. The Hall–Kier alpha value is -2.54. The zero-order valence-electron chi connectivity index (χ0n) is 14.7. The molecule has 3 aromatic carbocycles. The van der Waals surface area contributed by atoms with Gasteiger partial charge in [-0.05, 0) is 61.0 Å². The minimum Gasteiger partial charge on any atom is -0.322 e. The van der Waals surface area contributed by atoms with E-state index in [2.05, 4.69) is 10.0 Å². The molecule has 5 nitrogen and oxygen atoms in total. The van der Waals surface area contributed by atoms with Crippen molar-refractivity contribution < 1.29 is 13.2 Å². The maximum absolute atomic E-state index is 12.5. The van der Waals surface area contributed by atoms with Crippen LogP contribution in [0.15, 0.2) is 71.6 Å². The molecule has 0 bridgehead atoms. The summed E-state index contributed by atoms with van der Waals surface area (Å²) in [4.78, 5) is 12.7. The molecule has 2 N–H and O–H groups in total. The summed E-state index contributed by atoms with van der Waals surface area (Å²) in [6.45, 7) is 1.82. The monoisotopic (exact) mass is 434 g/mol. The molecule has 8 heteroatoms. The van der Waals surface area contributed by atoms with Crippen molar-refractivity contribution in [1.82, 2.24) is 0 Å². The number of carbonyl (C=O) groups excluding carboxylic acids is 1. The van der Waals surface area contributed by atoms with Gasteiger partial charge in [0, 0.05) is 10.7 Å². The zero-order valence-corrected chi connectivity index (χ0v) is 17.1. The Morgan fingerprint density at radius 3 is 2.29 bits per heavy atom. The number of carbonyl (C=O) groups is 1. The quantitative estimate of drug-likeness (QED) is 0.567. The molecule has 0 aliphatic carbocycles. The molecule has 3 rings (SSSR count). The summed E-state index contributed by atoms with van der Waals surface area (Å²) >= 11 is 12.1. The summed E-state index contributed by atoms with van der Waals surface area (Å²) in [7, 11) is -3.74. The van der Waals surface area contributed by atoms with E-state index in [0.29, 0.717) is 10.7 Å². The molecule has 144 valence electrons. The number of hydrogen-bond acceptors (Lipinski definition) is 3. The highest BCUT2D eigenvalue weighted by atomic mass is 35.5. The molecule has 0 radical (unpaired) electrons. The molecule has 1 amide bonds. The van der Waals surface area contributed by atoms with Crippen LogP contribution in [-0.2, 0) is 10.0 Å². The van der Waals surface area contributed by atoms with E-state index in [0.717, 1.165) is 5.56 Å². The first-order chi connectivity index (χ1) is 13.3. The van der Waals surface area contributed by atoms with Crippen LogP contribution in [0, 0.1) is 6.92 Å². The maximum Gasteiger partial charge on any atom is 0.261 e. The first kappa shape index (κ1) is 20.2. The van der Waals surface area contributed by atoms with Gasteiger partial charge in [-0.3, -0.25) is 9.52 Å². The molecule has 0 fully saturated rings. The number of hydrogen-bond donors (Lipinski definition) is 2. The van der Waals surface area contributed by atoms with Gasteiger partial charge in [-0.15, -0.1) is 0 Å². The molecule has 0 atom stereocenters. The summed E-state index contributed by atoms with van der Waals surface area (Å²) < 4.78 is 27.2. The maximum atomic E-state index is 12.5. The number of rotatable bonds is 5. The molecule has 28 heavy (non-hydrogen) atoms. The molecule has 0 saturated heterocycles. The van der Waals surface area contributed by atoms with Gasteiger partial charge >= 0.3 is 0 Å². The molecule has 0 unspecified atom stereocenters. The number of aryl methyl sites for hydroxylation is 1. The summed E-state index contributed by atoms with van der Waals surface area (Å²) in [5, 5.41) is 3.46. The molecule has 0 heterocycles. The largest absolute Gasteiger partial charge is 0.322 e. The lowest BCUT2D eigenvalue weighted by Gasteiger charge is -2.12. The van der Waals surface area contributed by atoms with Crippen LogP contribution < -0.4 is 10.0 Å². The fraction of sp³-hybridized carbons (Fsp3) is 0.0500. The van der Waals surface area contributed by atoms with Gasteiger partial charge in [-0.1, -0.05) is 41.4 Å². The average Bonchev–Trinajstić information content (AvgIpc) is 2.64. The van der Waals surface area contributed by atoms with Crippen LogP contribution >= 0.6 is 23.2 Å². The van der Waals surface area contributed by atoms with Crippen molar-refractivity contribution in [3.63, 3.8) is 0 Å². The van der Waals surface area contributed by atoms with Crippen molar-refractivity contribution in [1.29, 1.82) is 0 Å². The van der Waals surface area contributed by atoms with Gasteiger partial charge in [0.1, 0.15) is 0 Å². The minimum atomic E-state index is -3.74. The van der Waals surface area contributed by atoms with E-state index in [-0.39, 0.29) is 21.2 Å². The van der Waals surface area contributed by atoms with E-state index in [4.69, 9.17) is 23.2 Å². The third-order valence-electron chi connectivity index (χ3n) is 3.96. The minimum absolute atomic E-state index is 0.123. The number of benzene rings is 3. The van der Waals surface area contributed by atoms with Crippen LogP contribution in [0.3, 0.4) is 0 Å². The van der Waals surface area contributed by atoms with Crippen molar-refractivity contribution in [2.24, 2.45) is 0 Å². The van der Waals surface area contributed by atoms with Gasteiger partial charge < -0.3 is 5.32 Å². The van der Waals surface area contributed by atoms with Gasteiger partial charge in [-0.2, -0.15) is 0 Å². The molecule has 0 aliphatic rings. The zero-order chi connectivity index (χ0) is 20.3. The van der Waals surface area contributed by atoms with Crippen molar-refractivity contribution in [3.05, 3.63) is 87.9 Å². The second kappa shape index (κ2) is 8.22. The van der Waals surface area contributed by atoms with Gasteiger partial charge in [0.25, 0.3) is 15.9 Å². The highest BCUT2D eigenvalue weighted by molar-refractivity contribution is 7.92. The van der Waals surface area contributed by atoms with Crippen molar-refractivity contribution in [2.75, 3.05) is 10.0 Å². The van der Waals surface area contributed by atoms with Crippen LogP contribution in [0.5, 0.6) is 0 Å². The van der Waals surface area contributed by atoms with Crippen LogP contribution in [0.1, 0.15) is 15.9 Å². The lowest BCUT2D eigenvalue weighted by molar-refractivity contribution is 0.102. The van der Waals surface area contributed by atoms with Gasteiger partial charge in [0.05, 0.1) is 21.2 Å². The number of sulfonamides is 1. The molecule has 0 aromatic heterocycles. The first-order valence-corrected chi connectivity index (χ1v) is 10.4. The van der Waals surface area contributed by atoms with Gasteiger partial charge in [0.2, 0.25) is 0 Å². The third-order valence-corrected chi connectivity index (χ3v) is 5.90. The average molecular weight is 435 g/mol. The van der Waals surface area contributed by atoms with Crippen LogP contribution in [0.25, 0.3) is 0 Å². The highest BCUT2D eigenvalue weighted by Crippen LogP contribution is 2.25. The summed E-state index contributed by atoms with van der Waals surface area (Å²) in [6.07, 6.45) is 0. The summed E-state index contributed by atoms with van der Waals surface area (Å²) in [5.74, 6) is -0.409. The Labute approximate surface area is 173 Å². The third kappa shape index (κ3) is 4.65. The van der Waals surface area contributed by atoms with E-state index in [9.17, 15) is 13.2 Å². The van der Waals surface area contributed by atoms with Crippen LogP contribution in [-0.4, -0.2) is 14.3 Å². The Bertz CT molecular complexity index is 1130. The lowest BCUT2D eigenvalue weighted by atomic mass is 10.1. The molecular formula is C20H16Cl2N2O3S. The predicted molar refractivity (Wildman–Crippen MR) is 113 cm³/mol. The van der Waals surface area contributed by atoms with E-state index < -0.39 is 15.9 Å². The first-order valence-electron chi connectivity index (χ1n) is 8.21. The Morgan fingerprint density at radius 1 is 0.929 bits per heavy atom. The van der Waals surface area contributed by atoms with E-state index in [1.165, 1.54) is 30.3 Å². The SMILES string of the molecule is Cc1cc(Cl)ccc1NC(=O)c1ccc(NS(=O)(=O)c2ccccc2)cc1Cl. The molecule has 3 aromatic rings.